The summed E-state index contributed by atoms with van der Waals surface area (Å²) in [6.07, 6.45) is 2.13. The van der Waals surface area contributed by atoms with Gasteiger partial charge in [-0.15, -0.1) is 0 Å². The molecule has 2 aromatic rings. The molecule has 0 saturated carbocycles. The number of anilines is 1. The van der Waals surface area contributed by atoms with E-state index in [0.717, 1.165) is 34.5 Å². The Balaban J connectivity index is 2.26. The van der Waals surface area contributed by atoms with Gasteiger partial charge in [0.25, 0.3) is 0 Å². The lowest BCUT2D eigenvalue weighted by Gasteiger charge is -2.24. The van der Waals surface area contributed by atoms with E-state index in [0.29, 0.717) is 11.9 Å². The van der Waals surface area contributed by atoms with Gasteiger partial charge in [-0.25, -0.2) is 4.98 Å². The molecule has 0 aliphatic carbocycles. The van der Waals surface area contributed by atoms with Crippen molar-refractivity contribution < 1.29 is 4.74 Å². The van der Waals surface area contributed by atoms with Crippen molar-refractivity contribution in [3.8, 4) is 5.75 Å². The number of rotatable bonds is 6. The summed E-state index contributed by atoms with van der Waals surface area (Å²) in [7, 11) is 3.78. The molecule has 21 heavy (non-hydrogen) atoms. The number of methoxy groups -OCH3 is 1. The number of aromatic nitrogens is 1. The Morgan fingerprint density at radius 3 is 2.81 bits per heavy atom. The molecule has 1 unspecified atom stereocenters. The molecule has 0 amide bonds. The van der Waals surface area contributed by atoms with Crippen molar-refractivity contribution in [1.82, 2.24) is 9.88 Å². The minimum absolute atomic E-state index is 0.506. The fraction of sp³-hybridized carbons (Fsp3) is 0.438. The highest BCUT2D eigenvalue weighted by Crippen LogP contribution is 2.24. The summed E-state index contributed by atoms with van der Waals surface area (Å²) in [5.74, 6) is 2.50. The van der Waals surface area contributed by atoms with Crippen LogP contribution in [0, 0.1) is 0 Å². The van der Waals surface area contributed by atoms with Gasteiger partial charge >= 0.3 is 0 Å². The maximum absolute atomic E-state index is 6.12. The van der Waals surface area contributed by atoms with Crippen molar-refractivity contribution in [2.45, 2.75) is 19.5 Å². The number of fused-ring (bicyclic) bond motifs is 1. The molecule has 4 nitrogen and oxygen atoms in total. The Labute approximate surface area is 130 Å². The predicted octanol–water partition coefficient (Wildman–Crippen LogP) is 3.01. The van der Waals surface area contributed by atoms with Crippen molar-refractivity contribution in [3.63, 3.8) is 0 Å². The van der Waals surface area contributed by atoms with E-state index in [9.17, 15) is 0 Å². The van der Waals surface area contributed by atoms with Gasteiger partial charge in [0.2, 0.25) is 0 Å². The second-order valence-electron chi connectivity index (χ2n) is 5.31. The molecule has 0 aliphatic rings. The summed E-state index contributed by atoms with van der Waals surface area (Å²) < 4.78 is 5.22. The van der Waals surface area contributed by atoms with Crippen molar-refractivity contribution >= 4 is 28.5 Å². The van der Waals surface area contributed by atoms with Crippen LogP contribution in [-0.2, 0) is 6.54 Å². The predicted molar refractivity (Wildman–Crippen MR) is 92.0 cm³/mol. The first-order chi connectivity index (χ1) is 10.0. The van der Waals surface area contributed by atoms with E-state index in [-0.39, 0.29) is 0 Å². The molecule has 114 valence electrons. The van der Waals surface area contributed by atoms with E-state index in [1.807, 2.05) is 30.0 Å². The van der Waals surface area contributed by atoms with Gasteiger partial charge in [-0.05, 0) is 38.4 Å². The van der Waals surface area contributed by atoms with Crippen LogP contribution < -0.4 is 10.5 Å². The molecule has 0 saturated heterocycles. The SMILES string of the molecule is COc1ccc2cc(CN(C)C(C)CSC)c(N)nc2c1. The topological polar surface area (TPSA) is 51.4 Å². The van der Waals surface area contributed by atoms with Crippen LogP contribution in [0.4, 0.5) is 5.82 Å². The molecule has 0 radical (unpaired) electrons. The molecule has 1 heterocycles. The highest BCUT2D eigenvalue weighted by atomic mass is 32.2. The monoisotopic (exact) mass is 305 g/mol. The van der Waals surface area contributed by atoms with Crippen LogP contribution >= 0.6 is 11.8 Å². The van der Waals surface area contributed by atoms with Crippen LogP contribution in [0.15, 0.2) is 24.3 Å². The average molecular weight is 305 g/mol. The summed E-state index contributed by atoms with van der Waals surface area (Å²) >= 11 is 1.86. The van der Waals surface area contributed by atoms with Gasteiger partial charge in [-0.1, -0.05) is 0 Å². The third kappa shape index (κ3) is 3.80. The zero-order chi connectivity index (χ0) is 15.4. The Morgan fingerprint density at radius 2 is 2.14 bits per heavy atom. The van der Waals surface area contributed by atoms with E-state index >= 15 is 0 Å². The lowest BCUT2D eigenvalue weighted by Crippen LogP contribution is -2.30. The van der Waals surface area contributed by atoms with Gasteiger partial charge in [0.1, 0.15) is 11.6 Å². The van der Waals surface area contributed by atoms with Crippen LogP contribution in [0.1, 0.15) is 12.5 Å². The molecule has 0 fully saturated rings. The highest BCUT2D eigenvalue weighted by molar-refractivity contribution is 7.98. The number of benzene rings is 1. The average Bonchev–Trinajstić information content (AvgIpc) is 2.47. The third-order valence-corrected chi connectivity index (χ3v) is 4.53. The van der Waals surface area contributed by atoms with E-state index in [4.69, 9.17) is 10.5 Å². The molecule has 1 aromatic carbocycles. The number of thioether (sulfide) groups is 1. The van der Waals surface area contributed by atoms with E-state index in [2.05, 4.69) is 36.2 Å². The molecular formula is C16H23N3OS. The van der Waals surface area contributed by atoms with E-state index in [1.165, 1.54) is 0 Å². The number of nitrogens with zero attached hydrogens (tertiary/aromatic N) is 2. The molecule has 1 aromatic heterocycles. The van der Waals surface area contributed by atoms with Crippen molar-refractivity contribution in [2.75, 3.05) is 31.9 Å². The highest BCUT2D eigenvalue weighted by Gasteiger charge is 2.12. The quantitative estimate of drug-likeness (QED) is 0.889. The largest absolute Gasteiger partial charge is 0.497 e. The Morgan fingerprint density at radius 1 is 1.38 bits per heavy atom. The second-order valence-corrected chi connectivity index (χ2v) is 6.22. The van der Waals surface area contributed by atoms with Gasteiger partial charge in [-0.3, -0.25) is 4.90 Å². The first kappa shape index (κ1) is 15.9. The number of nitrogens with two attached hydrogens (primary N) is 1. The minimum atomic E-state index is 0.506. The molecule has 0 spiro atoms. The molecular weight excluding hydrogens is 282 g/mol. The van der Waals surface area contributed by atoms with Gasteiger partial charge in [-0.2, -0.15) is 11.8 Å². The summed E-state index contributed by atoms with van der Waals surface area (Å²) in [5, 5.41) is 1.09. The number of nitrogen functional groups attached to an aromatic ring is 1. The third-order valence-electron chi connectivity index (χ3n) is 3.72. The standard InChI is InChI=1S/C16H23N3OS/c1-11(10-21-4)19(2)9-13-7-12-5-6-14(20-3)8-15(12)18-16(13)17/h5-8,11H,9-10H2,1-4H3,(H2,17,18). The number of hydrogen-bond donors (Lipinski definition) is 1. The Bertz CT molecular complexity index is 618. The molecule has 0 aliphatic heterocycles. The molecule has 2 rings (SSSR count). The number of pyridine rings is 1. The summed E-state index contributed by atoms with van der Waals surface area (Å²) in [4.78, 5) is 6.81. The summed E-state index contributed by atoms with van der Waals surface area (Å²) in [6.45, 7) is 3.04. The second kappa shape index (κ2) is 7.00. The maximum atomic E-state index is 6.12. The van der Waals surface area contributed by atoms with Gasteiger partial charge in [0, 0.05) is 35.4 Å². The zero-order valence-electron chi connectivity index (χ0n) is 13.1. The number of hydrogen-bond acceptors (Lipinski definition) is 5. The normalized spacial score (nSPS) is 12.8. The van der Waals surface area contributed by atoms with Gasteiger partial charge in [0.15, 0.2) is 0 Å². The zero-order valence-corrected chi connectivity index (χ0v) is 13.9. The molecule has 1 atom stereocenters. The lowest BCUT2D eigenvalue weighted by molar-refractivity contribution is 0.270. The summed E-state index contributed by atoms with van der Waals surface area (Å²) in [6, 6.07) is 8.51. The first-order valence-corrected chi connectivity index (χ1v) is 8.37. The van der Waals surface area contributed by atoms with Crippen LogP contribution in [0.3, 0.4) is 0 Å². The Hall–Kier alpha value is -1.46. The molecule has 5 heteroatoms. The Kier molecular flexibility index (Phi) is 5.31. The van der Waals surface area contributed by atoms with Crippen molar-refractivity contribution in [3.05, 3.63) is 29.8 Å². The van der Waals surface area contributed by atoms with E-state index in [1.54, 1.807) is 7.11 Å². The van der Waals surface area contributed by atoms with Crippen LogP contribution in [-0.4, -0.2) is 42.1 Å². The van der Waals surface area contributed by atoms with Crippen LogP contribution in [0.25, 0.3) is 10.9 Å². The number of ether oxygens (including phenoxy) is 1. The lowest BCUT2D eigenvalue weighted by atomic mass is 10.1. The minimum Gasteiger partial charge on any atom is -0.497 e. The van der Waals surface area contributed by atoms with Gasteiger partial charge < -0.3 is 10.5 Å². The smallest absolute Gasteiger partial charge is 0.128 e. The van der Waals surface area contributed by atoms with E-state index < -0.39 is 0 Å². The molecule has 2 N–H and O–H groups in total. The van der Waals surface area contributed by atoms with Crippen molar-refractivity contribution in [2.24, 2.45) is 0 Å². The van der Waals surface area contributed by atoms with Crippen LogP contribution in [0.5, 0.6) is 5.75 Å². The van der Waals surface area contributed by atoms with Crippen molar-refractivity contribution in [1.29, 1.82) is 0 Å². The van der Waals surface area contributed by atoms with Crippen LogP contribution in [0.2, 0.25) is 0 Å². The van der Waals surface area contributed by atoms with Gasteiger partial charge in [0.05, 0.1) is 12.6 Å². The molecule has 0 bridgehead atoms. The fourth-order valence-electron chi connectivity index (χ4n) is 2.25. The maximum Gasteiger partial charge on any atom is 0.128 e. The fourth-order valence-corrected chi connectivity index (χ4v) is 2.99. The summed E-state index contributed by atoms with van der Waals surface area (Å²) in [5.41, 5.74) is 8.06. The first-order valence-electron chi connectivity index (χ1n) is 6.97.